The van der Waals surface area contributed by atoms with E-state index in [4.69, 9.17) is 9.47 Å². The molecule has 28 heavy (non-hydrogen) atoms. The van der Waals surface area contributed by atoms with Gasteiger partial charge in [0.2, 0.25) is 5.91 Å². The molecule has 150 valence electrons. The van der Waals surface area contributed by atoms with Gasteiger partial charge in [0.1, 0.15) is 11.5 Å². The molecule has 0 radical (unpaired) electrons. The number of unbranched alkanes of at least 4 members (excludes halogenated alkanes) is 2. The topological polar surface area (TPSA) is 55.8 Å². The van der Waals surface area contributed by atoms with Gasteiger partial charge in [0.05, 0.1) is 31.2 Å². The summed E-state index contributed by atoms with van der Waals surface area (Å²) in [7, 11) is 0. The van der Waals surface area contributed by atoms with Crippen molar-refractivity contribution in [3.63, 3.8) is 0 Å². The Labute approximate surface area is 174 Å². The van der Waals surface area contributed by atoms with Gasteiger partial charge in [-0.3, -0.25) is 9.59 Å². The second-order valence-corrected chi connectivity index (χ2v) is 8.88. The average molecular weight is 448 g/mol. The molecule has 4 rings (SSSR count). The normalized spacial score (nSPS) is 31.3. The van der Waals surface area contributed by atoms with Crippen molar-refractivity contribution < 1.29 is 19.1 Å². The summed E-state index contributed by atoms with van der Waals surface area (Å²) in [5.41, 5.74) is 0.364. The molecular weight excluding hydrogens is 422 g/mol. The van der Waals surface area contributed by atoms with Crippen LogP contribution in [-0.4, -0.2) is 41.6 Å². The summed E-state index contributed by atoms with van der Waals surface area (Å²) in [5, 5.41) is 0. The number of carbonyl (C=O) groups is 2. The molecule has 1 amide bonds. The first-order valence-electron chi connectivity index (χ1n) is 10.1. The summed E-state index contributed by atoms with van der Waals surface area (Å²) < 4.78 is 12.7. The van der Waals surface area contributed by atoms with E-state index in [-0.39, 0.29) is 24.0 Å². The number of fused-ring (bicyclic) bond motifs is 1. The average Bonchev–Trinajstić information content (AvgIpc) is 3.33. The third-order valence-corrected chi connectivity index (χ3v) is 6.74. The number of amides is 1. The Morgan fingerprint density at radius 3 is 2.82 bits per heavy atom. The molecule has 1 spiro atoms. The van der Waals surface area contributed by atoms with Crippen LogP contribution in [0.1, 0.15) is 44.7 Å². The highest BCUT2D eigenvalue weighted by atomic mass is 79.9. The minimum atomic E-state index is -0.696. The van der Waals surface area contributed by atoms with Crippen LogP contribution in [0.4, 0.5) is 0 Å². The molecule has 0 N–H and O–H groups in total. The van der Waals surface area contributed by atoms with Gasteiger partial charge in [0, 0.05) is 4.47 Å². The standard InChI is InChI=1S/C22H26BrNO4/c1-3-4-5-12-27-21(26)18-17-10-11-22(28-17)13-24(20(25)19(18)22)14(2)15-6-8-16(23)9-7-15/h6-11,14,17-19H,3-5,12-13H2,1-2H3/t14-,17+,18+,19-,22-/m0/s1. The lowest BCUT2D eigenvalue weighted by Gasteiger charge is -2.27. The number of halogens is 1. The predicted molar refractivity (Wildman–Crippen MR) is 108 cm³/mol. The number of carbonyl (C=O) groups excluding carboxylic acids is 2. The molecule has 0 saturated carbocycles. The Morgan fingerprint density at radius 2 is 2.11 bits per heavy atom. The molecular formula is C22H26BrNO4. The highest BCUT2D eigenvalue weighted by Crippen LogP contribution is 2.53. The largest absolute Gasteiger partial charge is 0.465 e. The fourth-order valence-corrected chi connectivity index (χ4v) is 4.93. The fraction of sp³-hybridized carbons (Fsp3) is 0.545. The van der Waals surface area contributed by atoms with Crippen LogP contribution >= 0.6 is 15.9 Å². The summed E-state index contributed by atoms with van der Waals surface area (Å²) in [4.78, 5) is 27.9. The quantitative estimate of drug-likeness (QED) is 0.359. The molecule has 2 bridgehead atoms. The molecule has 6 heteroatoms. The lowest BCUT2D eigenvalue weighted by Crippen LogP contribution is -2.40. The van der Waals surface area contributed by atoms with Crippen molar-refractivity contribution in [2.45, 2.75) is 50.9 Å². The molecule has 1 aromatic carbocycles. The third-order valence-electron chi connectivity index (χ3n) is 6.21. The van der Waals surface area contributed by atoms with E-state index >= 15 is 0 Å². The van der Waals surface area contributed by atoms with E-state index in [1.807, 2.05) is 48.2 Å². The van der Waals surface area contributed by atoms with Crippen molar-refractivity contribution in [2.24, 2.45) is 11.8 Å². The molecule has 3 aliphatic heterocycles. The van der Waals surface area contributed by atoms with Crippen LogP contribution in [0.25, 0.3) is 0 Å². The summed E-state index contributed by atoms with van der Waals surface area (Å²) in [6.07, 6.45) is 6.51. The number of likely N-dealkylation sites (tertiary alicyclic amines) is 1. The predicted octanol–water partition coefficient (Wildman–Crippen LogP) is 4.03. The van der Waals surface area contributed by atoms with Gasteiger partial charge in [-0.2, -0.15) is 0 Å². The van der Waals surface area contributed by atoms with Crippen molar-refractivity contribution in [1.82, 2.24) is 4.90 Å². The molecule has 2 saturated heterocycles. The maximum Gasteiger partial charge on any atom is 0.312 e. The van der Waals surface area contributed by atoms with Crippen LogP contribution in [0.3, 0.4) is 0 Å². The molecule has 3 aliphatic rings. The fourth-order valence-electron chi connectivity index (χ4n) is 4.67. The van der Waals surface area contributed by atoms with E-state index in [0.29, 0.717) is 13.2 Å². The molecule has 0 aliphatic carbocycles. The van der Waals surface area contributed by atoms with E-state index in [2.05, 4.69) is 22.9 Å². The summed E-state index contributed by atoms with van der Waals surface area (Å²) >= 11 is 3.45. The number of esters is 1. The first kappa shape index (κ1) is 19.6. The lowest BCUT2D eigenvalue weighted by molar-refractivity contribution is -0.154. The Morgan fingerprint density at radius 1 is 1.36 bits per heavy atom. The van der Waals surface area contributed by atoms with Crippen LogP contribution in [0.5, 0.6) is 0 Å². The second kappa shape index (κ2) is 7.64. The summed E-state index contributed by atoms with van der Waals surface area (Å²) in [6.45, 7) is 5.01. The zero-order chi connectivity index (χ0) is 19.9. The highest BCUT2D eigenvalue weighted by Gasteiger charge is 2.67. The number of nitrogens with zero attached hydrogens (tertiary/aromatic N) is 1. The van der Waals surface area contributed by atoms with E-state index < -0.39 is 17.4 Å². The van der Waals surface area contributed by atoms with Crippen LogP contribution in [0.15, 0.2) is 40.9 Å². The minimum absolute atomic E-state index is 0.0159. The maximum absolute atomic E-state index is 13.3. The van der Waals surface area contributed by atoms with Gasteiger partial charge < -0.3 is 14.4 Å². The zero-order valence-electron chi connectivity index (χ0n) is 16.3. The second-order valence-electron chi connectivity index (χ2n) is 7.97. The van der Waals surface area contributed by atoms with Crippen molar-refractivity contribution in [2.75, 3.05) is 13.2 Å². The SMILES string of the molecule is CCCCCOC(=O)[C@H]1[C@H]2C(=O)N([C@@H](C)c3ccc(Br)cc3)C[C@@]23C=C[C@H]1O3. The highest BCUT2D eigenvalue weighted by molar-refractivity contribution is 9.10. The van der Waals surface area contributed by atoms with Gasteiger partial charge in [0.15, 0.2) is 0 Å². The van der Waals surface area contributed by atoms with Crippen LogP contribution in [0, 0.1) is 11.8 Å². The van der Waals surface area contributed by atoms with E-state index in [9.17, 15) is 9.59 Å². The smallest absolute Gasteiger partial charge is 0.312 e. The molecule has 0 unspecified atom stereocenters. The first-order valence-corrected chi connectivity index (χ1v) is 10.9. The molecule has 1 aromatic rings. The Hall–Kier alpha value is -1.66. The van der Waals surface area contributed by atoms with Crippen molar-refractivity contribution in [3.8, 4) is 0 Å². The first-order chi connectivity index (χ1) is 13.5. The van der Waals surface area contributed by atoms with Gasteiger partial charge in [-0.25, -0.2) is 0 Å². The van der Waals surface area contributed by atoms with E-state index in [0.717, 1.165) is 29.3 Å². The minimum Gasteiger partial charge on any atom is -0.465 e. The van der Waals surface area contributed by atoms with Crippen molar-refractivity contribution in [3.05, 3.63) is 46.5 Å². The van der Waals surface area contributed by atoms with Crippen molar-refractivity contribution in [1.29, 1.82) is 0 Å². The Kier molecular flexibility index (Phi) is 5.36. The number of benzene rings is 1. The van der Waals surface area contributed by atoms with Gasteiger partial charge >= 0.3 is 5.97 Å². The number of ether oxygens (including phenoxy) is 2. The molecule has 5 atom stereocenters. The Bertz CT molecular complexity index is 792. The van der Waals surface area contributed by atoms with Crippen LogP contribution in [-0.2, 0) is 19.1 Å². The summed E-state index contributed by atoms with van der Waals surface area (Å²) in [6, 6.07) is 7.90. The molecule has 0 aromatic heterocycles. The number of rotatable bonds is 7. The van der Waals surface area contributed by atoms with E-state index in [1.165, 1.54) is 0 Å². The number of hydrogen-bond donors (Lipinski definition) is 0. The Balaban J connectivity index is 1.51. The lowest BCUT2D eigenvalue weighted by atomic mass is 9.77. The van der Waals surface area contributed by atoms with Gasteiger partial charge in [-0.1, -0.05) is 60.0 Å². The monoisotopic (exact) mass is 447 g/mol. The van der Waals surface area contributed by atoms with Crippen LogP contribution in [0.2, 0.25) is 0 Å². The van der Waals surface area contributed by atoms with Crippen molar-refractivity contribution >= 4 is 27.8 Å². The van der Waals surface area contributed by atoms with Gasteiger partial charge in [-0.15, -0.1) is 0 Å². The number of hydrogen-bond acceptors (Lipinski definition) is 4. The molecule has 3 heterocycles. The van der Waals surface area contributed by atoms with E-state index in [1.54, 1.807) is 0 Å². The van der Waals surface area contributed by atoms with Gasteiger partial charge in [-0.05, 0) is 31.0 Å². The zero-order valence-corrected chi connectivity index (χ0v) is 17.9. The maximum atomic E-state index is 13.3. The molecule has 2 fully saturated rings. The summed E-state index contributed by atoms with van der Waals surface area (Å²) in [5.74, 6) is -1.35. The van der Waals surface area contributed by atoms with Crippen LogP contribution < -0.4 is 0 Å². The van der Waals surface area contributed by atoms with Gasteiger partial charge in [0.25, 0.3) is 0 Å². The third kappa shape index (κ3) is 3.20. The molecule has 5 nitrogen and oxygen atoms in total.